The van der Waals surface area contributed by atoms with Crippen LogP contribution in [0, 0.1) is 13.8 Å². The van der Waals surface area contributed by atoms with E-state index in [4.69, 9.17) is 0 Å². The van der Waals surface area contributed by atoms with Crippen molar-refractivity contribution in [3.63, 3.8) is 0 Å². The Balaban J connectivity index is 2.27. The molecule has 0 aliphatic carbocycles. The minimum absolute atomic E-state index is 0.0495. The maximum absolute atomic E-state index is 11.8. The van der Waals surface area contributed by atoms with Gasteiger partial charge in [-0.1, -0.05) is 29.3 Å². The van der Waals surface area contributed by atoms with E-state index in [2.05, 4.69) is 48.0 Å². The number of hydrogen-bond donors (Lipinski definition) is 3. The topological polar surface area (TPSA) is 70.2 Å². The number of amides is 3. The Morgan fingerprint density at radius 1 is 1.05 bits per heavy atom. The van der Waals surface area contributed by atoms with Crippen molar-refractivity contribution in [2.75, 3.05) is 13.1 Å². The second-order valence-electron chi connectivity index (χ2n) is 5.84. The Bertz CT molecular complexity index is 494. The Hall–Kier alpha value is -2.04. The van der Waals surface area contributed by atoms with Crippen LogP contribution in [-0.4, -0.2) is 31.1 Å². The van der Waals surface area contributed by atoms with E-state index in [9.17, 15) is 9.59 Å². The highest BCUT2D eigenvalue weighted by Gasteiger charge is 2.08. The number of carbonyl (C=O) groups is 2. The van der Waals surface area contributed by atoms with Gasteiger partial charge in [0.25, 0.3) is 0 Å². The summed E-state index contributed by atoms with van der Waals surface area (Å²) in [7, 11) is 0. The summed E-state index contributed by atoms with van der Waals surface area (Å²) in [4.78, 5) is 22.5. The number of benzene rings is 1. The quantitative estimate of drug-likeness (QED) is 0.675. The zero-order valence-electron chi connectivity index (χ0n) is 14.0. The van der Waals surface area contributed by atoms with Gasteiger partial charge in [0.05, 0.1) is 0 Å². The molecule has 1 unspecified atom stereocenters. The lowest BCUT2D eigenvalue weighted by atomic mass is 10.0. The van der Waals surface area contributed by atoms with Gasteiger partial charge in [0.15, 0.2) is 0 Å². The second kappa shape index (κ2) is 9.07. The summed E-state index contributed by atoms with van der Waals surface area (Å²) in [5.41, 5.74) is 3.71. The maximum Gasteiger partial charge on any atom is 0.315 e. The van der Waals surface area contributed by atoms with E-state index < -0.39 is 0 Å². The van der Waals surface area contributed by atoms with Gasteiger partial charge in [0.2, 0.25) is 5.91 Å². The lowest BCUT2D eigenvalue weighted by Crippen LogP contribution is -2.42. The molecule has 122 valence electrons. The van der Waals surface area contributed by atoms with E-state index in [1.54, 1.807) is 0 Å². The third-order valence-corrected chi connectivity index (χ3v) is 3.21. The number of rotatable bonds is 7. The Labute approximate surface area is 132 Å². The van der Waals surface area contributed by atoms with Crippen molar-refractivity contribution >= 4 is 11.9 Å². The molecule has 0 spiro atoms. The molecule has 0 saturated carbocycles. The van der Waals surface area contributed by atoms with E-state index in [0.717, 1.165) is 12.8 Å². The third-order valence-electron chi connectivity index (χ3n) is 3.21. The molecule has 0 saturated heterocycles. The Morgan fingerprint density at radius 2 is 1.64 bits per heavy atom. The fourth-order valence-corrected chi connectivity index (χ4v) is 2.42. The van der Waals surface area contributed by atoms with E-state index in [1.165, 1.54) is 23.6 Å². The molecule has 0 aliphatic rings. The molecule has 0 fully saturated rings. The predicted octanol–water partition coefficient (Wildman–Crippen LogP) is 2.06. The molecule has 3 N–H and O–H groups in total. The standard InChI is InChI=1S/C17H27N3O2/c1-12-8-13(2)10-16(9-12)11-14(3)20-17(22)19-7-5-6-18-15(4)21/h8-10,14H,5-7,11H2,1-4H3,(H,18,21)(H2,19,20,22). The zero-order valence-corrected chi connectivity index (χ0v) is 14.0. The average Bonchev–Trinajstić information content (AvgIpc) is 2.36. The average molecular weight is 305 g/mol. The lowest BCUT2D eigenvalue weighted by molar-refractivity contribution is -0.118. The normalized spacial score (nSPS) is 11.6. The minimum Gasteiger partial charge on any atom is -0.356 e. The van der Waals surface area contributed by atoms with Crippen LogP contribution >= 0.6 is 0 Å². The van der Waals surface area contributed by atoms with Gasteiger partial charge in [-0.25, -0.2) is 4.79 Å². The van der Waals surface area contributed by atoms with Crippen molar-refractivity contribution in [2.24, 2.45) is 0 Å². The first-order chi connectivity index (χ1) is 10.4. The Kier molecular flexibility index (Phi) is 7.43. The van der Waals surface area contributed by atoms with Crippen LogP contribution in [0.3, 0.4) is 0 Å². The first-order valence-electron chi connectivity index (χ1n) is 7.73. The van der Waals surface area contributed by atoms with Gasteiger partial charge in [0, 0.05) is 26.1 Å². The van der Waals surface area contributed by atoms with Crippen LogP contribution in [0.2, 0.25) is 0 Å². The molecule has 0 radical (unpaired) electrons. The van der Waals surface area contributed by atoms with Gasteiger partial charge >= 0.3 is 6.03 Å². The SMILES string of the molecule is CC(=O)NCCCNC(=O)NC(C)Cc1cc(C)cc(C)c1. The van der Waals surface area contributed by atoms with Gasteiger partial charge in [-0.05, 0) is 39.2 Å². The molecule has 5 nitrogen and oxygen atoms in total. The molecule has 22 heavy (non-hydrogen) atoms. The number of nitrogens with one attached hydrogen (secondary N) is 3. The van der Waals surface area contributed by atoms with Crippen molar-refractivity contribution in [3.8, 4) is 0 Å². The fourth-order valence-electron chi connectivity index (χ4n) is 2.42. The number of aryl methyl sites for hydroxylation is 2. The molecule has 1 aromatic rings. The van der Waals surface area contributed by atoms with Crippen LogP contribution in [-0.2, 0) is 11.2 Å². The molecule has 1 atom stereocenters. The summed E-state index contributed by atoms with van der Waals surface area (Å²) in [6.07, 6.45) is 1.53. The summed E-state index contributed by atoms with van der Waals surface area (Å²) in [6.45, 7) is 8.76. The fraction of sp³-hybridized carbons (Fsp3) is 0.529. The summed E-state index contributed by atoms with van der Waals surface area (Å²) in [6, 6.07) is 6.34. The molecule has 0 heterocycles. The largest absolute Gasteiger partial charge is 0.356 e. The van der Waals surface area contributed by atoms with Crippen molar-refractivity contribution < 1.29 is 9.59 Å². The first kappa shape index (κ1) is 18.0. The smallest absolute Gasteiger partial charge is 0.315 e. The monoisotopic (exact) mass is 305 g/mol. The van der Waals surface area contributed by atoms with E-state index in [0.29, 0.717) is 13.1 Å². The number of hydrogen-bond acceptors (Lipinski definition) is 2. The predicted molar refractivity (Wildman–Crippen MR) is 88.9 cm³/mol. The third kappa shape index (κ3) is 7.67. The molecule has 1 rings (SSSR count). The number of urea groups is 1. The van der Waals surface area contributed by atoms with Gasteiger partial charge in [-0.2, -0.15) is 0 Å². The van der Waals surface area contributed by atoms with Crippen LogP contribution < -0.4 is 16.0 Å². The molecule has 3 amide bonds. The highest BCUT2D eigenvalue weighted by molar-refractivity contribution is 5.74. The summed E-state index contributed by atoms with van der Waals surface area (Å²) < 4.78 is 0. The second-order valence-corrected chi connectivity index (χ2v) is 5.84. The Morgan fingerprint density at radius 3 is 2.23 bits per heavy atom. The zero-order chi connectivity index (χ0) is 16.5. The van der Waals surface area contributed by atoms with E-state index in [-0.39, 0.29) is 18.0 Å². The van der Waals surface area contributed by atoms with Crippen LogP contribution in [0.4, 0.5) is 4.79 Å². The summed E-state index contributed by atoms with van der Waals surface area (Å²) >= 11 is 0. The minimum atomic E-state index is -0.167. The van der Waals surface area contributed by atoms with Crippen LogP contribution in [0.15, 0.2) is 18.2 Å². The van der Waals surface area contributed by atoms with Crippen molar-refractivity contribution in [1.82, 2.24) is 16.0 Å². The lowest BCUT2D eigenvalue weighted by Gasteiger charge is -2.15. The van der Waals surface area contributed by atoms with Crippen LogP contribution in [0.5, 0.6) is 0 Å². The van der Waals surface area contributed by atoms with E-state index >= 15 is 0 Å². The molecule has 0 aromatic heterocycles. The first-order valence-corrected chi connectivity index (χ1v) is 7.73. The van der Waals surface area contributed by atoms with Gasteiger partial charge in [-0.15, -0.1) is 0 Å². The summed E-state index contributed by atoms with van der Waals surface area (Å²) in [5, 5.41) is 8.42. The van der Waals surface area contributed by atoms with Crippen molar-refractivity contribution in [2.45, 2.75) is 46.6 Å². The van der Waals surface area contributed by atoms with Gasteiger partial charge in [-0.3, -0.25) is 4.79 Å². The number of carbonyl (C=O) groups excluding carboxylic acids is 2. The van der Waals surface area contributed by atoms with Gasteiger partial charge < -0.3 is 16.0 Å². The van der Waals surface area contributed by atoms with Crippen LogP contribution in [0.1, 0.15) is 37.0 Å². The molecule has 0 aliphatic heterocycles. The highest BCUT2D eigenvalue weighted by atomic mass is 16.2. The van der Waals surface area contributed by atoms with Crippen LogP contribution in [0.25, 0.3) is 0 Å². The molecule has 5 heteroatoms. The maximum atomic E-state index is 11.8. The summed E-state index contributed by atoms with van der Waals surface area (Å²) in [5.74, 6) is -0.0495. The van der Waals surface area contributed by atoms with Gasteiger partial charge in [0.1, 0.15) is 0 Å². The highest BCUT2D eigenvalue weighted by Crippen LogP contribution is 2.10. The molecule has 1 aromatic carbocycles. The van der Waals surface area contributed by atoms with E-state index in [1.807, 2.05) is 6.92 Å². The van der Waals surface area contributed by atoms with Crippen molar-refractivity contribution in [3.05, 3.63) is 34.9 Å². The molecule has 0 bridgehead atoms. The van der Waals surface area contributed by atoms with Crippen molar-refractivity contribution in [1.29, 1.82) is 0 Å². The molecular formula is C17H27N3O2. The molecular weight excluding hydrogens is 278 g/mol.